The van der Waals surface area contributed by atoms with Crippen LogP contribution in [0.15, 0.2) is 41.8 Å². The Labute approximate surface area is 177 Å². The standard InChI is InChI=1S/C22H21NO6S/c1-12-5-7-13(8-6-12)15-11-30-21(18(15)22(25)26)23-20(24)14-9-16(27-2)19(29-4)17(10-14)28-3/h5-11H,1-4H3,(H,23,24)(H,25,26). The van der Waals surface area contributed by atoms with Gasteiger partial charge in [-0.05, 0) is 24.6 Å². The van der Waals surface area contributed by atoms with Crippen LogP contribution in [0.5, 0.6) is 17.2 Å². The van der Waals surface area contributed by atoms with Gasteiger partial charge in [-0.2, -0.15) is 0 Å². The summed E-state index contributed by atoms with van der Waals surface area (Å²) in [6, 6.07) is 10.5. The lowest BCUT2D eigenvalue weighted by atomic mass is 10.0. The number of amides is 1. The highest BCUT2D eigenvalue weighted by molar-refractivity contribution is 7.15. The van der Waals surface area contributed by atoms with E-state index in [1.807, 2.05) is 31.2 Å². The fourth-order valence-corrected chi connectivity index (χ4v) is 3.95. The van der Waals surface area contributed by atoms with Crippen molar-refractivity contribution in [3.8, 4) is 28.4 Å². The number of methoxy groups -OCH3 is 3. The first-order valence-corrected chi connectivity index (χ1v) is 9.80. The number of carboxylic acid groups (broad SMARTS) is 1. The van der Waals surface area contributed by atoms with Crippen molar-refractivity contribution in [2.45, 2.75) is 6.92 Å². The average Bonchev–Trinajstić information content (AvgIpc) is 3.16. The second-order valence-corrected chi connectivity index (χ2v) is 7.27. The van der Waals surface area contributed by atoms with Gasteiger partial charge in [0.2, 0.25) is 5.75 Å². The van der Waals surface area contributed by atoms with Crippen molar-refractivity contribution in [3.05, 3.63) is 58.5 Å². The summed E-state index contributed by atoms with van der Waals surface area (Å²) in [5.74, 6) is -0.597. The summed E-state index contributed by atoms with van der Waals surface area (Å²) < 4.78 is 15.8. The molecule has 2 aromatic carbocycles. The molecule has 0 saturated carbocycles. The van der Waals surface area contributed by atoms with Crippen molar-refractivity contribution < 1.29 is 28.9 Å². The molecule has 2 N–H and O–H groups in total. The number of aryl methyl sites for hydroxylation is 1. The van der Waals surface area contributed by atoms with Gasteiger partial charge in [0.1, 0.15) is 10.6 Å². The van der Waals surface area contributed by atoms with Gasteiger partial charge < -0.3 is 24.6 Å². The Kier molecular flexibility index (Phi) is 6.27. The Morgan fingerprint density at radius 2 is 1.57 bits per heavy atom. The number of rotatable bonds is 7. The van der Waals surface area contributed by atoms with Gasteiger partial charge in [-0.25, -0.2) is 4.79 Å². The number of carbonyl (C=O) groups excluding carboxylic acids is 1. The molecule has 0 unspecified atom stereocenters. The van der Waals surface area contributed by atoms with E-state index in [-0.39, 0.29) is 16.1 Å². The molecule has 156 valence electrons. The molecule has 0 spiro atoms. The Morgan fingerprint density at radius 1 is 0.967 bits per heavy atom. The number of nitrogens with one attached hydrogen (secondary N) is 1. The third-order valence-electron chi connectivity index (χ3n) is 4.52. The summed E-state index contributed by atoms with van der Waals surface area (Å²) in [5.41, 5.74) is 2.67. The molecule has 0 bridgehead atoms. The molecule has 3 rings (SSSR count). The number of hydrogen-bond acceptors (Lipinski definition) is 6. The van der Waals surface area contributed by atoms with E-state index in [0.717, 1.165) is 22.5 Å². The van der Waals surface area contributed by atoms with E-state index < -0.39 is 11.9 Å². The second-order valence-electron chi connectivity index (χ2n) is 6.39. The fourth-order valence-electron chi connectivity index (χ4n) is 3.00. The molecule has 7 nitrogen and oxygen atoms in total. The van der Waals surface area contributed by atoms with Gasteiger partial charge >= 0.3 is 5.97 Å². The molecule has 1 heterocycles. The molecule has 1 aromatic heterocycles. The Morgan fingerprint density at radius 3 is 2.07 bits per heavy atom. The zero-order valence-electron chi connectivity index (χ0n) is 16.9. The van der Waals surface area contributed by atoms with Crippen LogP contribution in [0.25, 0.3) is 11.1 Å². The molecule has 0 fully saturated rings. The molecule has 1 amide bonds. The van der Waals surface area contributed by atoms with Gasteiger partial charge in [-0.15, -0.1) is 11.3 Å². The smallest absolute Gasteiger partial charge is 0.339 e. The van der Waals surface area contributed by atoms with Gasteiger partial charge in [0.15, 0.2) is 11.5 Å². The SMILES string of the molecule is COc1cc(C(=O)Nc2scc(-c3ccc(C)cc3)c2C(=O)O)cc(OC)c1OC. The number of carboxylic acids is 1. The van der Waals surface area contributed by atoms with E-state index in [1.54, 1.807) is 5.38 Å². The first-order chi connectivity index (χ1) is 14.4. The van der Waals surface area contributed by atoms with Crippen LogP contribution in [0.4, 0.5) is 5.00 Å². The Balaban J connectivity index is 1.98. The molecule has 0 atom stereocenters. The molecule has 8 heteroatoms. The number of ether oxygens (including phenoxy) is 3. The number of hydrogen-bond donors (Lipinski definition) is 2. The second kappa shape index (κ2) is 8.87. The minimum atomic E-state index is -1.12. The van der Waals surface area contributed by atoms with Crippen molar-refractivity contribution >= 4 is 28.2 Å². The number of aromatic carboxylic acids is 1. The highest BCUT2D eigenvalue weighted by Crippen LogP contribution is 2.39. The van der Waals surface area contributed by atoms with Gasteiger partial charge in [0, 0.05) is 16.5 Å². The number of thiophene rings is 1. The quantitative estimate of drug-likeness (QED) is 0.568. The predicted molar refractivity (Wildman–Crippen MR) is 116 cm³/mol. The molecular formula is C22H21NO6S. The molecular weight excluding hydrogens is 406 g/mol. The summed E-state index contributed by atoms with van der Waals surface area (Å²) in [7, 11) is 4.38. The molecule has 0 radical (unpaired) electrons. The summed E-state index contributed by atoms with van der Waals surface area (Å²) in [6.45, 7) is 1.96. The van der Waals surface area contributed by atoms with Gasteiger partial charge in [0.25, 0.3) is 5.91 Å². The first-order valence-electron chi connectivity index (χ1n) is 8.92. The molecule has 0 aliphatic heterocycles. The Hall–Kier alpha value is -3.52. The minimum absolute atomic E-state index is 0.0460. The summed E-state index contributed by atoms with van der Waals surface area (Å²) in [5, 5.41) is 14.4. The maximum Gasteiger partial charge on any atom is 0.339 e. The lowest BCUT2D eigenvalue weighted by Gasteiger charge is -2.14. The van der Waals surface area contributed by atoms with Crippen LogP contribution in [-0.4, -0.2) is 38.3 Å². The maximum atomic E-state index is 12.9. The van der Waals surface area contributed by atoms with Crippen LogP contribution in [0.3, 0.4) is 0 Å². The minimum Gasteiger partial charge on any atom is -0.493 e. The zero-order valence-corrected chi connectivity index (χ0v) is 17.8. The lowest BCUT2D eigenvalue weighted by molar-refractivity contribution is 0.0699. The van der Waals surface area contributed by atoms with Crippen molar-refractivity contribution in [2.75, 3.05) is 26.6 Å². The zero-order chi connectivity index (χ0) is 21.8. The fraction of sp³-hybridized carbons (Fsp3) is 0.182. The van der Waals surface area contributed by atoms with Crippen LogP contribution < -0.4 is 19.5 Å². The van der Waals surface area contributed by atoms with E-state index >= 15 is 0 Å². The van der Waals surface area contributed by atoms with Crippen molar-refractivity contribution in [3.63, 3.8) is 0 Å². The molecule has 0 aliphatic rings. The van der Waals surface area contributed by atoms with Crippen LogP contribution in [-0.2, 0) is 0 Å². The molecule has 0 saturated heterocycles. The number of carbonyl (C=O) groups is 2. The normalized spacial score (nSPS) is 10.4. The molecule has 3 aromatic rings. The van der Waals surface area contributed by atoms with E-state index in [0.29, 0.717) is 22.8 Å². The van der Waals surface area contributed by atoms with E-state index in [2.05, 4.69) is 5.32 Å². The van der Waals surface area contributed by atoms with Crippen LogP contribution in [0.2, 0.25) is 0 Å². The number of anilines is 1. The third-order valence-corrected chi connectivity index (χ3v) is 5.42. The van der Waals surface area contributed by atoms with E-state index in [4.69, 9.17) is 14.2 Å². The van der Waals surface area contributed by atoms with Crippen molar-refractivity contribution in [2.24, 2.45) is 0 Å². The molecule has 0 aliphatic carbocycles. The van der Waals surface area contributed by atoms with Gasteiger partial charge in [0.05, 0.1) is 21.3 Å². The van der Waals surface area contributed by atoms with Crippen molar-refractivity contribution in [1.29, 1.82) is 0 Å². The van der Waals surface area contributed by atoms with E-state index in [9.17, 15) is 14.7 Å². The predicted octanol–water partition coefficient (Wildman–Crippen LogP) is 4.70. The largest absolute Gasteiger partial charge is 0.493 e. The van der Waals surface area contributed by atoms with Gasteiger partial charge in [-0.3, -0.25) is 4.79 Å². The summed E-state index contributed by atoms with van der Waals surface area (Å²) in [6.07, 6.45) is 0. The number of benzene rings is 2. The first kappa shape index (κ1) is 21.2. The van der Waals surface area contributed by atoms with Crippen LogP contribution in [0.1, 0.15) is 26.3 Å². The van der Waals surface area contributed by atoms with Crippen molar-refractivity contribution in [1.82, 2.24) is 0 Å². The lowest BCUT2D eigenvalue weighted by Crippen LogP contribution is -2.14. The van der Waals surface area contributed by atoms with Crippen LogP contribution >= 0.6 is 11.3 Å². The monoisotopic (exact) mass is 427 g/mol. The van der Waals surface area contributed by atoms with Crippen LogP contribution in [0, 0.1) is 6.92 Å². The topological polar surface area (TPSA) is 94.1 Å². The average molecular weight is 427 g/mol. The summed E-state index contributed by atoms with van der Waals surface area (Å²) in [4.78, 5) is 24.8. The Bertz CT molecular complexity index is 1060. The van der Waals surface area contributed by atoms with E-state index in [1.165, 1.54) is 33.5 Å². The maximum absolute atomic E-state index is 12.9. The highest BCUT2D eigenvalue weighted by atomic mass is 32.1. The molecule has 30 heavy (non-hydrogen) atoms. The summed E-state index contributed by atoms with van der Waals surface area (Å²) >= 11 is 1.15. The third kappa shape index (κ3) is 4.08. The highest BCUT2D eigenvalue weighted by Gasteiger charge is 2.23. The van der Waals surface area contributed by atoms with Gasteiger partial charge in [-0.1, -0.05) is 29.8 Å².